The summed E-state index contributed by atoms with van der Waals surface area (Å²) in [7, 11) is 3.77. The molecule has 6 heteroatoms. The Balaban J connectivity index is 1.56. The largest absolute Gasteiger partial charge is 0.497 e. The number of rotatable bonds is 7. The Morgan fingerprint density at radius 1 is 1.11 bits per heavy atom. The van der Waals surface area contributed by atoms with E-state index in [1.807, 2.05) is 35.0 Å². The minimum atomic E-state index is 0.528. The summed E-state index contributed by atoms with van der Waals surface area (Å²) in [6.07, 6.45) is 2.39. The second-order valence-corrected chi connectivity index (χ2v) is 7.45. The number of nitrogens with zero attached hydrogens (tertiary/aromatic N) is 4. The molecule has 27 heavy (non-hydrogen) atoms. The summed E-state index contributed by atoms with van der Waals surface area (Å²) in [6, 6.07) is 18.5. The predicted molar refractivity (Wildman–Crippen MR) is 109 cm³/mol. The lowest BCUT2D eigenvalue weighted by atomic mass is 10.2. The van der Waals surface area contributed by atoms with Crippen molar-refractivity contribution in [2.75, 3.05) is 14.2 Å². The molecule has 3 aromatic rings. The molecule has 0 bridgehead atoms. The van der Waals surface area contributed by atoms with Gasteiger partial charge in [0.05, 0.1) is 13.8 Å². The van der Waals surface area contributed by atoms with Crippen molar-refractivity contribution in [3.8, 4) is 11.4 Å². The first-order chi connectivity index (χ1) is 13.2. The first-order valence-corrected chi connectivity index (χ1v) is 9.63. The summed E-state index contributed by atoms with van der Waals surface area (Å²) in [5.74, 6) is 2.49. The fourth-order valence-corrected chi connectivity index (χ4v) is 3.56. The zero-order valence-electron chi connectivity index (χ0n) is 15.7. The normalized spacial score (nSPS) is 13.9. The van der Waals surface area contributed by atoms with Crippen LogP contribution in [0.4, 0.5) is 0 Å². The average molecular weight is 381 g/mol. The summed E-state index contributed by atoms with van der Waals surface area (Å²) < 4.78 is 10.1. The number of benzene rings is 2. The van der Waals surface area contributed by atoms with E-state index in [0.717, 1.165) is 28.6 Å². The van der Waals surface area contributed by atoms with Crippen molar-refractivity contribution in [1.82, 2.24) is 19.2 Å². The maximum Gasteiger partial charge on any atom is 0.203 e. The summed E-state index contributed by atoms with van der Waals surface area (Å²) in [4.78, 5) is 2.22. The van der Waals surface area contributed by atoms with Gasteiger partial charge in [-0.3, -0.25) is 9.47 Å². The lowest BCUT2D eigenvalue weighted by Gasteiger charge is -2.16. The van der Waals surface area contributed by atoms with E-state index in [0.29, 0.717) is 12.6 Å². The Bertz CT molecular complexity index is 958. The summed E-state index contributed by atoms with van der Waals surface area (Å²) in [5.41, 5.74) is 2.32. The van der Waals surface area contributed by atoms with Crippen LogP contribution < -0.4 is 4.74 Å². The number of aromatic nitrogens is 3. The van der Waals surface area contributed by atoms with Crippen LogP contribution in [0, 0.1) is 4.77 Å². The van der Waals surface area contributed by atoms with Crippen molar-refractivity contribution in [3.05, 3.63) is 70.8 Å². The minimum absolute atomic E-state index is 0.528. The van der Waals surface area contributed by atoms with Crippen LogP contribution in [0.3, 0.4) is 0 Å². The molecule has 0 atom stereocenters. The van der Waals surface area contributed by atoms with E-state index in [1.165, 1.54) is 18.4 Å². The van der Waals surface area contributed by atoms with Gasteiger partial charge in [-0.2, -0.15) is 5.10 Å². The van der Waals surface area contributed by atoms with Crippen molar-refractivity contribution in [3.63, 3.8) is 0 Å². The molecule has 0 amide bonds. The molecular formula is C21H24N4OS. The number of ether oxygens (including phenoxy) is 1. The molecular weight excluding hydrogens is 356 g/mol. The van der Waals surface area contributed by atoms with E-state index in [2.05, 4.69) is 40.8 Å². The van der Waals surface area contributed by atoms with Crippen molar-refractivity contribution in [2.45, 2.75) is 32.0 Å². The quantitative estimate of drug-likeness (QED) is 0.570. The molecule has 140 valence electrons. The van der Waals surface area contributed by atoms with Crippen LogP contribution in [0.5, 0.6) is 5.75 Å². The number of para-hydroxylation sites is 1. The molecule has 2 aromatic carbocycles. The van der Waals surface area contributed by atoms with Gasteiger partial charge in [0.15, 0.2) is 0 Å². The Kier molecular flexibility index (Phi) is 5.09. The molecule has 1 aromatic heterocycles. The van der Waals surface area contributed by atoms with Gasteiger partial charge in [0.2, 0.25) is 4.77 Å². The highest BCUT2D eigenvalue weighted by Crippen LogP contribution is 2.40. The molecule has 1 saturated carbocycles. The van der Waals surface area contributed by atoms with Gasteiger partial charge in [0.25, 0.3) is 0 Å². The molecule has 0 unspecified atom stereocenters. The molecule has 4 rings (SSSR count). The molecule has 0 aliphatic heterocycles. The fourth-order valence-electron chi connectivity index (χ4n) is 3.26. The van der Waals surface area contributed by atoms with Gasteiger partial charge < -0.3 is 4.74 Å². The fraction of sp³-hybridized carbons (Fsp3) is 0.333. The van der Waals surface area contributed by atoms with Gasteiger partial charge in [-0.15, -0.1) is 0 Å². The highest BCUT2D eigenvalue weighted by molar-refractivity contribution is 7.71. The van der Waals surface area contributed by atoms with Crippen LogP contribution >= 0.6 is 12.2 Å². The molecule has 0 N–H and O–H groups in total. The smallest absolute Gasteiger partial charge is 0.203 e. The SMILES string of the molecule is COc1ccc(CN(C)Cn2nc(C3CC3)n(-c3ccccc3)c2=S)cc1. The second-order valence-electron chi connectivity index (χ2n) is 7.09. The average Bonchev–Trinajstić information content (AvgIpc) is 3.48. The van der Waals surface area contributed by atoms with Crippen LogP contribution in [-0.2, 0) is 13.2 Å². The third-order valence-electron chi connectivity index (χ3n) is 4.81. The van der Waals surface area contributed by atoms with Crippen molar-refractivity contribution in [1.29, 1.82) is 0 Å². The lowest BCUT2D eigenvalue weighted by molar-refractivity contribution is 0.243. The summed E-state index contributed by atoms with van der Waals surface area (Å²) in [6.45, 7) is 1.48. The Morgan fingerprint density at radius 2 is 1.81 bits per heavy atom. The molecule has 0 spiro atoms. The summed E-state index contributed by atoms with van der Waals surface area (Å²) in [5, 5.41) is 4.87. The van der Waals surface area contributed by atoms with E-state index < -0.39 is 0 Å². The van der Waals surface area contributed by atoms with Crippen molar-refractivity contribution in [2.24, 2.45) is 0 Å². The molecule has 0 saturated heterocycles. The van der Waals surface area contributed by atoms with Gasteiger partial charge >= 0.3 is 0 Å². The first kappa shape index (κ1) is 17.9. The second kappa shape index (κ2) is 7.66. The number of methoxy groups -OCH3 is 1. The van der Waals surface area contributed by atoms with E-state index >= 15 is 0 Å². The van der Waals surface area contributed by atoms with E-state index in [-0.39, 0.29) is 0 Å². The van der Waals surface area contributed by atoms with E-state index in [9.17, 15) is 0 Å². The van der Waals surface area contributed by atoms with Crippen LogP contribution in [0.25, 0.3) is 5.69 Å². The minimum Gasteiger partial charge on any atom is -0.497 e. The lowest BCUT2D eigenvalue weighted by Crippen LogP contribution is -2.22. The van der Waals surface area contributed by atoms with Gasteiger partial charge in [0.1, 0.15) is 11.6 Å². The Labute approximate surface area is 164 Å². The van der Waals surface area contributed by atoms with E-state index in [1.54, 1.807) is 7.11 Å². The molecule has 1 aliphatic carbocycles. The van der Waals surface area contributed by atoms with Crippen molar-refractivity contribution < 1.29 is 4.74 Å². The van der Waals surface area contributed by atoms with Crippen molar-refractivity contribution >= 4 is 12.2 Å². The van der Waals surface area contributed by atoms with Crippen LogP contribution in [0.2, 0.25) is 0 Å². The maximum absolute atomic E-state index is 5.78. The third kappa shape index (κ3) is 3.96. The topological polar surface area (TPSA) is 35.2 Å². The van der Waals surface area contributed by atoms with Gasteiger partial charge in [-0.25, -0.2) is 4.68 Å². The van der Waals surface area contributed by atoms with Crippen LogP contribution in [0.1, 0.15) is 30.1 Å². The molecule has 0 radical (unpaired) electrons. The number of hydrogen-bond donors (Lipinski definition) is 0. The Morgan fingerprint density at radius 3 is 2.44 bits per heavy atom. The maximum atomic E-state index is 5.78. The summed E-state index contributed by atoms with van der Waals surface area (Å²) >= 11 is 5.78. The van der Waals surface area contributed by atoms with Crippen LogP contribution in [0.15, 0.2) is 54.6 Å². The molecule has 5 nitrogen and oxygen atoms in total. The molecule has 1 aliphatic rings. The molecule has 1 heterocycles. The zero-order valence-corrected chi connectivity index (χ0v) is 16.5. The number of hydrogen-bond acceptors (Lipinski definition) is 4. The predicted octanol–water partition coefficient (Wildman–Crippen LogP) is 4.38. The molecule has 1 fully saturated rings. The highest BCUT2D eigenvalue weighted by atomic mass is 32.1. The van der Waals surface area contributed by atoms with Gasteiger partial charge in [-0.05, 0) is 61.9 Å². The standard InChI is InChI=1S/C21H24N4OS/c1-23(14-16-8-12-19(26-2)13-9-16)15-24-21(27)25(18-6-4-3-5-7-18)20(22-24)17-10-11-17/h3-9,12-13,17H,10-11,14-15H2,1-2H3. The van der Waals surface area contributed by atoms with Crippen LogP contribution in [-0.4, -0.2) is 33.4 Å². The first-order valence-electron chi connectivity index (χ1n) is 9.22. The van der Waals surface area contributed by atoms with E-state index in [4.69, 9.17) is 22.1 Å². The van der Waals surface area contributed by atoms with Gasteiger partial charge in [-0.1, -0.05) is 30.3 Å². The monoisotopic (exact) mass is 380 g/mol. The third-order valence-corrected chi connectivity index (χ3v) is 5.20. The van der Waals surface area contributed by atoms with Gasteiger partial charge in [0, 0.05) is 18.2 Å². The Hall–Kier alpha value is -2.44. The zero-order chi connectivity index (χ0) is 18.8. The highest BCUT2D eigenvalue weighted by Gasteiger charge is 2.30.